The van der Waals surface area contributed by atoms with Crippen LogP contribution in [-0.4, -0.2) is 4.98 Å². The standard InChI is InChI=1S/C18H18N2/c1-12-3-5-16(11-19)17(9-12)14-7-8-18-15(10-14)6-4-13(2)20-18/h3-10H,11,19H2,1-2H3. The summed E-state index contributed by atoms with van der Waals surface area (Å²) in [6.07, 6.45) is 0. The van der Waals surface area contributed by atoms with Crippen LogP contribution in [0, 0.1) is 13.8 Å². The van der Waals surface area contributed by atoms with E-state index in [1.165, 1.54) is 22.3 Å². The number of benzene rings is 2. The number of hydrogen-bond donors (Lipinski definition) is 1. The van der Waals surface area contributed by atoms with Crippen LogP contribution in [0.2, 0.25) is 0 Å². The van der Waals surface area contributed by atoms with Crippen molar-refractivity contribution in [1.82, 2.24) is 4.98 Å². The molecule has 2 heteroatoms. The Morgan fingerprint density at radius 3 is 2.60 bits per heavy atom. The monoisotopic (exact) mass is 262 g/mol. The molecule has 0 radical (unpaired) electrons. The average molecular weight is 262 g/mol. The van der Waals surface area contributed by atoms with E-state index >= 15 is 0 Å². The van der Waals surface area contributed by atoms with E-state index in [-0.39, 0.29) is 0 Å². The quantitative estimate of drug-likeness (QED) is 0.758. The lowest BCUT2D eigenvalue weighted by molar-refractivity contribution is 1.07. The lowest BCUT2D eigenvalue weighted by atomic mass is 9.96. The summed E-state index contributed by atoms with van der Waals surface area (Å²) in [5, 5.41) is 1.16. The van der Waals surface area contributed by atoms with Crippen molar-refractivity contribution in [2.24, 2.45) is 5.73 Å². The first-order chi connectivity index (χ1) is 9.67. The summed E-state index contributed by atoms with van der Waals surface area (Å²) in [6.45, 7) is 4.68. The molecular formula is C18H18N2. The summed E-state index contributed by atoms with van der Waals surface area (Å²) in [5.41, 5.74) is 12.8. The topological polar surface area (TPSA) is 38.9 Å². The maximum absolute atomic E-state index is 5.86. The van der Waals surface area contributed by atoms with Crippen LogP contribution in [0.1, 0.15) is 16.8 Å². The van der Waals surface area contributed by atoms with Crippen LogP contribution in [0.4, 0.5) is 0 Å². The minimum atomic E-state index is 0.555. The molecular weight excluding hydrogens is 244 g/mol. The SMILES string of the molecule is Cc1ccc(CN)c(-c2ccc3nc(C)ccc3c2)c1. The summed E-state index contributed by atoms with van der Waals surface area (Å²) in [6, 6.07) is 17.0. The second-order valence-corrected chi connectivity index (χ2v) is 5.22. The van der Waals surface area contributed by atoms with E-state index in [0.29, 0.717) is 6.54 Å². The first-order valence-corrected chi connectivity index (χ1v) is 6.85. The van der Waals surface area contributed by atoms with E-state index in [1.54, 1.807) is 0 Å². The Kier molecular flexibility index (Phi) is 3.25. The van der Waals surface area contributed by atoms with Crippen molar-refractivity contribution in [3.63, 3.8) is 0 Å². The van der Waals surface area contributed by atoms with Gasteiger partial charge in [0.15, 0.2) is 0 Å². The third kappa shape index (κ3) is 2.30. The highest BCUT2D eigenvalue weighted by molar-refractivity contribution is 5.85. The maximum atomic E-state index is 5.86. The average Bonchev–Trinajstić information content (AvgIpc) is 2.46. The minimum Gasteiger partial charge on any atom is -0.326 e. The molecule has 0 aliphatic heterocycles. The molecule has 0 unspecified atom stereocenters. The third-order valence-corrected chi connectivity index (χ3v) is 3.62. The first-order valence-electron chi connectivity index (χ1n) is 6.85. The molecule has 1 aromatic heterocycles. The number of hydrogen-bond acceptors (Lipinski definition) is 2. The molecule has 2 N–H and O–H groups in total. The van der Waals surface area contributed by atoms with Crippen LogP contribution in [0.3, 0.4) is 0 Å². The second-order valence-electron chi connectivity index (χ2n) is 5.22. The van der Waals surface area contributed by atoms with Gasteiger partial charge in [-0.2, -0.15) is 0 Å². The highest BCUT2D eigenvalue weighted by Crippen LogP contribution is 2.27. The zero-order valence-corrected chi connectivity index (χ0v) is 11.9. The summed E-state index contributed by atoms with van der Waals surface area (Å²) < 4.78 is 0. The normalized spacial score (nSPS) is 10.9. The van der Waals surface area contributed by atoms with Crippen molar-refractivity contribution in [1.29, 1.82) is 0 Å². The van der Waals surface area contributed by atoms with E-state index in [2.05, 4.69) is 54.4 Å². The molecule has 0 saturated heterocycles. The molecule has 0 amide bonds. The predicted octanol–water partition coefficient (Wildman–Crippen LogP) is 3.98. The highest BCUT2D eigenvalue weighted by atomic mass is 14.7. The van der Waals surface area contributed by atoms with Gasteiger partial charge in [0, 0.05) is 17.6 Å². The smallest absolute Gasteiger partial charge is 0.0705 e. The van der Waals surface area contributed by atoms with Gasteiger partial charge in [-0.15, -0.1) is 0 Å². The Bertz CT molecular complexity index is 775. The van der Waals surface area contributed by atoms with Crippen molar-refractivity contribution in [3.8, 4) is 11.1 Å². The van der Waals surface area contributed by atoms with E-state index in [4.69, 9.17) is 5.73 Å². The molecule has 20 heavy (non-hydrogen) atoms. The van der Waals surface area contributed by atoms with E-state index in [0.717, 1.165) is 16.6 Å². The van der Waals surface area contributed by atoms with Gasteiger partial charge in [-0.25, -0.2) is 0 Å². The zero-order chi connectivity index (χ0) is 14.1. The Balaban J connectivity index is 2.19. The molecule has 0 bridgehead atoms. The van der Waals surface area contributed by atoms with Gasteiger partial charge >= 0.3 is 0 Å². The van der Waals surface area contributed by atoms with Crippen LogP contribution in [0.25, 0.3) is 22.0 Å². The van der Waals surface area contributed by atoms with Crippen molar-refractivity contribution in [2.45, 2.75) is 20.4 Å². The second kappa shape index (κ2) is 5.06. The molecule has 0 saturated carbocycles. The summed E-state index contributed by atoms with van der Waals surface area (Å²) >= 11 is 0. The zero-order valence-electron chi connectivity index (χ0n) is 11.9. The van der Waals surface area contributed by atoms with Gasteiger partial charge in [0.1, 0.15) is 0 Å². The number of pyridine rings is 1. The van der Waals surface area contributed by atoms with Gasteiger partial charge in [0.2, 0.25) is 0 Å². The van der Waals surface area contributed by atoms with Crippen LogP contribution in [0.15, 0.2) is 48.5 Å². The molecule has 0 fully saturated rings. The van der Waals surface area contributed by atoms with Gasteiger partial charge in [-0.1, -0.05) is 35.9 Å². The number of rotatable bonds is 2. The van der Waals surface area contributed by atoms with Gasteiger partial charge in [0.05, 0.1) is 5.52 Å². The fraction of sp³-hybridized carbons (Fsp3) is 0.167. The number of fused-ring (bicyclic) bond motifs is 1. The van der Waals surface area contributed by atoms with Crippen molar-refractivity contribution >= 4 is 10.9 Å². The summed E-state index contributed by atoms with van der Waals surface area (Å²) in [7, 11) is 0. The lowest BCUT2D eigenvalue weighted by Gasteiger charge is -2.10. The highest BCUT2D eigenvalue weighted by Gasteiger charge is 2.06. The molecule has 2 nitrogen and oxygen atoms in total. The van der Waals surface area contributed by atoms with Gasteiger partial charge in [-0.05, 0) is 48.7 Å². The number of nitrogens with two attached hydrogens (primary N) is 1. The molecule has 0 spiro atoms. The molecule has 3 aromatic rings. The van der Waals surface area contributed by atoms with Gasteiger partial charge < -0.3 is 5.73 Å². The Morgan fingerprint density at radius 2 is 1.80 bits per heavy atom. The van der Waals surface area contributed by atoms with Crippen LogP contribution >= 0.6 is 0 Å². The fourth-order valence-electron chi connectivity index (χ4n) is 2.53. The third-order valence-electron chi connectivity index (χ3n) is 3.62. The minimum absolute atomic E-state index is 0.555. The van der Waals surface area contributed by atoms with Gasteiger partial charge in [-0.3, -0.25) is 4.98 Å². The molecule has 2 aromatic carbocycles. The Hall–Kier alpha value is -2.19. The maximum Gasteiger partial charge on any atom is 0.0705 e. The Labute approximate surface area is 119 Å². The number of aryl methyl sites for hydroxylation is 2. The van der Waals surface area contributed by atoms with Crippen molar-refractivity contribution in [2.75, 3.05) is 0 Å². The first kappa shape index (κ1) is 12.8. The predicted molar refractivity (Wildman–Crippen MR) is 84.5 cm³/mol. The van der Waals surface area contributed by atoms with Crippen LogP contribution in [-0.2, 0) is 6.54 Å². The van der Waals surface area contributed by atoms with E-state index in [9.17, 15) is 0 Å². The van der Waals surface area contributed by atoms with E-state index in [1.807, 2.05) is 13.0 Å². The lowest BCUT2D eigenvalue weighted by Crippen LogP contribution is -1.99. The van der Waals surface area contributed by atoms with Crippen LogP contribution < -0.4 is 5.73 Å². The Morgan fingerprint density at radius 1 is 0.950 bits per heavy atom. The van der Waals surface area contributed by atoms with E-state index < -0.39 is 0 Å². The fourth-order valence-corrected chi connectivity index (χ4v) is 2.53. The van der Waals surface area contributed by atoms with Crippen molar-refractivity contribution < 1.29 is 0 Å². The molecule has 0 aliphatic carbocycles. The largest absolute Gasteiger partial charge is 0.326 e. The van der Waals surface area contributed by atoms with Crippen LogP contribution in [0.5, 0.6) is 0 Å². The summed E-state index contributed by atoms with van der Waals surface area (Å²) in [5.74, 6) is 0. The number of aromatic nitrogens is 1. The molecule has 3 rings (SSSR count). The van der Waals surface area contributed by atoms with Gasteiger partial charge in [0.25, 0.3) is 0 Å². The molecule has 0 atom stereocenters. The molecule has 0 aliphatic rings. The molecule has 1 heterocycles. The molecule has 100 valence electrons. The number of nitrogens with zero attached hydrogens (tertiary/aromatic N) is 1. The summed E-state index contributed by atoms with van der Waals surface area (Å²) in [4.78, 5) is 4.55. The van der Waals surface area contributed by atoms with Crippen molar-refractivity contribution in [3.05, 3.63) is 65.4 Å².